The number of ether oxygens (including phenoxy) is 1. The van der Waals surface area contributed by atoms with E-state index in [4.69, 9.17) is 4.74 Å². The van der Waals surface area contributed by atoms with Crippen molar-refractivity contribution in [1.29, 1.82) is 0 Å². The van der Waals surface area contributed by atoms with Crippen molar-refractivity contribution < 1.29 is 14.4 Å². The third-order valence-electron chi connectivity index (χ3n) is 5.10. The van der Waals surface area contributed by atoms with Crippen molar-refractivity contribution in [1.82, 2.24) is 0 Å². The molecule has 2 rings (SSSR count). The average molecular weight is 340 g/mol. The second-order valence-electron chi connectivity index (χ2n) is 7.77. The molecule has 3 nitrogen and oxygen atoms in total. The van der Waals surface area contributed by atoms with Crippen molar-refractivity contribution in [2.24, 2.45) is 0 Å². The van der Waals surface area contributed by atoms with Gasteiger partial charge in [0, 0.05) is 0 Å². The number of nitrogens with one attached hydrogen (secondary N) is 1. The number of likely N-dealkylation sites (N-methyl/N-ethyl adjacent to an activating group) is 1. The van der Waals surface area contributed by atoms with Crippen LogP contribution in [-0.2, 0) is 14.9 Å². The van der Waals surface area contributed by atoms with Gasteiger partial charge in [0.05, 0.1) is 12.6 Å². The monoisotopic (exact) mass is 340 g/mol. The predicted octanol–water partition coefficient (Wildman–Crippen LogP) is 2.85. The summed E-state index contributed by atoms with van der Waals surface area (Å²) in [5.41, 5.74) is 1.22. The van der Waals surface area contributed by atoms with E-state index in [0.717, 1.165) is 17.7 Å². The quantitative estimate of drug-likeness (QED) is 0.820. The molecule has 1 unspecified atom stereocenters. The molecular weight excluding hydrogens is 310 g/mol. The zero-order valence-electron chi connectivity index (χ0n) is 16.0. The first-order valence-electron chi connectivity index (χ1n) is 8.87. The van der Waals surface area contributed by atoms with Crippen LogP contribution in [0.25, 0.3) is 0 Å². The third-order valence-corrected chi connectivity index (χ3v) is 5.10. The number of carbonyl (C=O) groups excluding carboxylic acids is 1. The summed E-state index contributed by atoms with van der Waals surface area (Å²) in [6.45, 7) is 9.69. The summed E-state index contributed by atoms with van der Waals surface area (Å²) < 4.78 is 5.72. The highest BCUT2D eigenvalue weighted by molar-refractivity contribution is 5.87. The fraction of sp³-hybridized carbons (Fsp3) is 0.409. The molecule has 2 aromatic carbocycles. The lowest BCUT2D eigenvalue weighted by atomic mass is 9.76. The minimum absolute atomic E-state index is 0.134. The molecule has 0 radical (unpaired) electrons. The van der Waals surface area contributed by atoms with Crippen LogP contribution in [0.2, 0.25) is 0 Å². The maximum Gasteiger partial charge on any atom is 0.321 e. The van der Waals surface area contributed by atoms with Crippen molar-refractivity contribution in [3.05, 3.63) is 71.8 Å². The lowest BCUT2D eigenvalue weighted by molar-refractivity contribution is -0.927. The van der Waals surface area contributed by atoms with Crippen molar-refractivity contribution in [2.75, 3.05) is 20.2 Å². The van der Waals surface area contributed by atoms with E-state index in [0.29, 0.717) is 6.61 Å². The van der Waals surface area contributed by atoms with Gasteiger partial charge in [-0.1, -0.05) is 60.7 Å². The van der Waals surface area contributed by atoms with Gasteiger partial charge in [0.1, 0.15) is 18.6 Å². The number of hydrogen-bond donors (Lipinski definition) is 1. The molecule has 0 aliphatic carbocycles. The smallest absolute Gasteiger partial charge is 0.321 e. The molecule has 134 valence electrons. The van der Waals surface area contributed by atoms with E-state index in [9.17, 15) is 4.79 Å². The van der Waals surface area contributed by atoms with Crippen LogP contribution < -0.4 is 4.90 Å². The Balaban J connectivity index is 2.21. The average Bonchev–Trinajstić information content (AvgIpc) is 2.61. The highest BCUT2D eigenvalue weighted by atomic mass is 16.5. The second-order valence-corrected chi connectivity index (χ2v) is 7.77. The summed E-state index contributed by atoms with van der Waals surface area (Å²) in [6, 6.07) is 19.7. The topological polar surface area (TPSA) is 30.7 Å². The molecule has 0 saturated carbocycles. The molecule has 0 heterocycles. The fourth-order valence-corrected chi connectivity index (χ4v) is 2.76. The van der Waals surface area contributed by atoms with Crippen LogP contribution in [0.15, 0.2) is 60.7 Å². The van der Waals surface area contributed by atoms with Crippen LogP contribution in [-0.4, -0.2) is 31.7 Å². The summed E-state index contributed by atoms with van der Waals surface area (Å²) in [5, 5.41) is 0. The molecule has 0 saturated heterocycles. The van der Waals surface area contributed by atoms with Gasteiger partial charge in [0.15, 0.2) is 0 Å². The van der Waals surface area contributed by atoms with Crippen molar-refractivity contribution in [3.63, 3.8) is 0 Å². The molecule has 0 fully saturated rings. The van der Waals surface area contributed by atoms with Crippen molar-refractivity contribution >= 4 is 5.97 Å². The maximum absolute atomic E-state index is 13.1. The highest BCUT2D eigenvalue weighted by Gasteiger charge is 2.38. The molecule has 2 aromatic rings. The molecule has 0 aliphatic heterocycles. The first-order valence-corrected chi connectivity index (χ1v) is 8.87. The molecule has 25 heavy (non-hydrogen) atoms. The lowest BCUT2D eigenvalue weighted by Gasteiger charge is -2.30. The Bertz CT molecular complexity index is 635. The Kier molecular flexibility index (Phi) is 6.02. The molecule has 3 heteroatoms. The molecule has 1 N–H and O–H groups in total. The normalized spacial score (nSPS) is 13.3. The first-order chi connectivity index (χ1) is 11.8. The minimum Gasteiger partial charge on any atom is -0.459 e. The Hall–Kier alpha value is -2.13. The maximum atomic E-state index is 13.1. The number of quaternary nitrogens is 1. The summed E-state index contributed by atoms with van der Waals surface area (Å²) in [5.74, 6) is -0.202. The Morgan fingerprint density at radius 3 is 1.72 bits per heavy atom. The molecule has 0 spiro atoms. The number of benzene rings is 2. The SMILES string of the molecule is C[NH+](CCOC(=O)C(C)(c1ccccc1)c1ccccc1)C(C)(C)C. The third kappa shape index (κ3) is 4.49. The van der Waals surface area contributed by atoms with Gasteiger partial charge in [-0.15, -0.1) is 0 Å². The van der Waals surface area contributed by atoms with Gasteiger partial charge < -0.3 is 9.64 Å². The van der Waals surface area contributed by atoms with Crippen LogP contribution in [0.4, 0.5) is 0 Å². The van der Waals surface area contributed by atoms with E-state index < -0.39 is 5.41 Å². The molecule has 0 amide bonds. The molecule has 0 aromatic heterocycles. The molecule has 0 bridgehead atoms. The van der Waals surface area contributed by atoms with Crippen LogP contribution in [0.3, 0.4) is 0 Å². The molecule has 1 atom stereocenters. The Labute approximate surface area is 151 Å². The standard InChI is InChI=1S/C22H29NO2/c1-21(2,3)23(5)16-17-25-20(24)22(4,18-12-8-6-9-13-18)19-14-10-7-11-15-19/h6-15H,16-17H2,1-5H3/p+1. The lowest BCUT2D eigenvalue weighted by Crippen LogP contribution is -3.16. The fourth-order valence-electron chi connectivity index (χ4n) is 2.76. The number of esters is 1. The number of hydrogen-bond acceptors (Lipinski definition) is 2. The summed E-state index contributed by atoms with van der Waals surface area (Å²) in [7, 11) is 2.13. The molecular formula is C22H30NO2+. The van der Waals surface area contributed by atoms with Crippen LogP contribution in [0, 0.1) is 0 Å². The van der Waals surface area contributed by atoms with Crippen LogP contribution in [0.5, 0.6) is 0 Å². The second kappa shape index (κ2) is 7.83. The summed E-state index contributed by atoms with van der Waals surface area (Å²) in [6.07, 6.45) is 0. The van der Waals surface area contributed by atoms with E-state index in [1.54, 1.807) is 0 Å². The van der Waals surface area contributed by atoms with Gasteiger partial charge in [-0.05, 0) is 38.8 Å². The van der Waals surface area contributed by atoms with Gasteiger partial charge in [-0.3, -0.25) is 4.79 Å². The van der Waals surface area contributed by atoms with Crippen molar-refractivity contribution in [2.45, 2.75) is 38.6 Å². The number of rotatable bonds is 6. The predicted molar refractivity (Wildman–Crippen MR) is 102 cm³/mol. The minimum atomic E-state index is -0.807. The van der Waals surface area contributed by atoms with Gasteiger partial charge in [-0.2, -0.15) is 0 Å². The van der Waals surface area contributed by atoms with E-state index >= 15 is 0 Å². The molecule has 0 aliphatic rings. The Morgan fingerprint density at radius 2 is 1.32 bits per heavy atom. The largest absolute Gasteiger partial charge is 0.459 e. The summed E-state index contributed by atoms with van der Waals surface area (Å²) >= 11 is 0. The van der Waals surface area contributed by atoms with Gasteiger partial charge in [-0.25, -0.2) is 0 Å². The van der Waals surface area contributed by atoms with Crippen LogP contribution in [0.1, 0.15) is 38.8 Å². The van der Waals surface area contributed by atoms with Gasteiger partial charge >= 0.3 is 5.97 Å². The van der Waals surface area contributed by atoms with Crippen molar-refractivity contribution in [3.8, 4) is 0 Å². The summed E-state index contributed by atoms with van der Waals surface area (Å²) in [4.78, 5) is 14.4. The highest BCUT2D eigenvalue weighted by Crippen LogP contribution is 2.33. The van der Waals surface area contributed by atoms with Crippen LogP contribution >= 0.6 is 0 Å². The zero-order valence-corrected chi connectivity index (χ0v) is 16.0. The van der Waals surface area contributed by atoms with Gasteiger partial charge in [0.25, 0.3) is 0 Å². The van der Waals surface area contributed by atoms with E-state index in [2.05, 4.69) is 27.8 Å². The Morgan fingerprint density at radius 1 is 0.880 bits per heavy atom. The van der Waals surface area contributed by atoms with E-state index in [1.165, 1.54) is 4.90 Å². The van der Waals surface area contributed by atoms with E-state index in [-0.39, 0.29) is 11.5 Å². The van der Waals surface area contributed by atoms with Gasteiger partial charge in [0.2, 0.25) is 0 Å². The first kappa shape index (κ1) is 19.2. The zero-order chi connectivity index (χ0) is 18.5. The number of carbonyl (C=O) groups is 1. The van der Waals surface area contributed by atoms with E-state index in [1.807, 2.05) is 67.6 Å².